The number of benzene rings is 2. The minimum Gasteiger partial charge on any atom is -0.493 e. The highest BCUT2D eigenvalue weighted by Crippen LogP contribution is 2.39. The minimum atomic E-state index is -0.247. The Balaban J connectivity index is 2.24. The first-order chi connectivity index (χ1) is 11.5. The van der Waals surface area contributed by atoms with Gasteiger partial charge in [0.2, 0.25) is 5.75 Å². The second-order valence-corrected chi connectivity index (χ2v) is 5.28. The van der Waals surface area contributed by atoms with Crippen molar-refractivity contribution in [2.75, 3.05) is 27.1 Å². The molecule has 1 unspecified atom stereocenters. The molecule has 0 radical (unpaired) electrons. The number of anilines is 1. The standard InChI is InChI=1S/C18H22N2O4/c1-11(20-18(21)12-5-7-14(19)8-6-12)13-9-15(22-2)17(24-4)16(10-13)23-3/h5-11H,19H2,1-4H3,(H,20,21). The van der Waals surface area contributed by atoms with Crippen LogP contribution < -0.4 is 25.3 Å². The van der Waals surface area contributed by atoms with Gasteiger partial charge < -0.3 is 25.3 Å². The van der Waals surface area contributed by atoms with Crippen molar-refractivity contribution >= 4 is 11.6 Å². The van der Waals surface area contributed by atoms with Crippen molar-refractivity contribution in [1.29, 1.82) is 0 Å². The summed E-state index contributed by atoms with van der Waals surface area (Å²) < 4.78 is 16.0. The number of methoxy groups -OCH3 is 3. The van der Waals surface area contributed by atoms with Gasteiger partial charge in [0.25, 0.3) is 5.91 Å². The average Bonchev–Trinajstić information content (AvgIpc) is 2.60. The smallest absolute Gasteiger partial charge is 0.251 e. The summed E-state index contributed by atoms with van der Waals surface area (Å²) in [4.78, 5) is 12.3. The lowest BCUT2D eigenvalue weighted by Gasteiger charge is -2.19. The number of nitrogens with two attached hydrogens (primary N) is 1. The molecule has 2 aromatic carbocycles. The van der Waals surface area contributed by atoms with Crippen molar-refractivity contribution in [3.8, 4) is 17.2 Å². The fraction of sp³-hybridized carbons (Fsp3) is 0.278. The summed E-state index contributed by atoms with van der Waals surface area (Å²) in [7, 11) is 4.66. The second-order valence-electron chi connectivity index (χ2n) is 5.28. The highest BCUT2D eigenvalue weighted by molar-refractivity contribution is 5.94. The normalized spacial score (nSPS) is 11.5. The largest absolute Gasteiger partial charge is 0.493 e. The van der Waals surface area contributed by atoms with Crippen LogP contribution in [0.3, 0.4) is 0 Å². The van der Waals surface area contributed by atoms with Crippen LogP contribution in [0.5, 0.6) is 17.2 Å². The highest BCUT2D eigenvalue weighted by Gasteiger charge is 2.18. The molecule has 6 heteroatoms. The van der Waals surface area contributed by atoms with E-state index in [1.54, 1.807) is 45.6 Å². The van der Waals surface area contributed by atoms with Crippen LogP contribution in [0.1, 0.15) is 28.9 Å². The molecule has 0 aliphatic rings. The number of nitrogen functional groups attached to an aromatic ring is 1. The van der Waals surface area contributed by atoms with Gasteiger partial charge in [0.15, 0.2) is 11.5 Å². The number of amides is 1. The third-order valence-electron chi connectivity index (χ3n) is 3.71. The van der Waals surface area contributed by atoms with Crippen molar-refractivity contribution < 1.29 is 19.0 Å². The second kappa shape index (κ2) is 7.59. The maximum absolute atomic E-state index is 12.3. The number of nitrogens with one attached hydrogen (secondary N) is 1. The lowest BCUT2D eigenvalue weighted by Crippen LogP contribution is -2.26. The molecule has 0 spiro atoms. The van der Waals surface area contributed by atoms with Gasteiger partial charge in [-0.2, -0.15) is 0 Å². The number of carbonyl (C=O) groups excluding carboxylic acids is 1. The van der Waals surface area contributed by atoms with E-state index in [1.807, 2.05) is 19.1 Å². The van der Waals surface area contributed by atoms with E-state index < -0.39 is 0 Å². The van der Waals surface area contributed by atoms with Gasteiger partial charge in [-0.05, 0) is 48.9 Å². The molecule has 2 rings (SSSR count). The molecule has 0 aliphatic heterocycles. The van der Waals surface area contributed by atoms with Crippen molar-refractivity contribution in [1.82, 2.24) is 5.32 Å². The van der Waals surface area contributed by atoms with Crippen LogP contribution in [-0.2, 0) is 0 Å². The Kier molecular flexibility index (Phi) is 5.52. The zero-order valence-corrected chi connectivity index (χ0v) is 14.3. The van der Waals surface area contributed by atoms with E-state index in [1.165, 1.54) is 0 Å². The zero-order valence-electron chi connectivity index (χ0n) is 14.3. The number of hydrogen-bond acceptors (Lipinski definition) is 5. The third kappa shape index (κ3) is 3.71. The predicted molar refractivity (Wildman–Crippen MR) is 92.8 cm³/mol. The number of ether oxygens (including phenoxy) is 3. The van der Waals surface area contributed by atoms with E-state index >= 15 is 0 Å². The molecule has 3 N–H and O–H groups in total. The Hall–Kier alpha value is -2.89. The van der Waals surface area contributed by atoms with Crippen LogP contribution in [-0.4, -0.2) is 27.2 Å². The van der Waals surface area contributed by atoms with Gasteiger partial charge in [-0.3, -0.25) is 4.79 Å². The fourth-order valence-electron chi connectivity index (χ4n) is 2.35. The molecule has 1 atom stereocenters. The molecule has 0 fully saturated rings. The van der Waals surface area contributed by atoms with Crippen LogP contribution in [0.15, 0.2) is 36.4 Å². The summed E-state index contributed by atoms with van der Waals surface area (Å²) in [6.07, 6.45) is 0. The monoisotopic (exact) mass is 330 g/mol. The quantitative estimate of drug-likeness (QED) is 0.796. The van der Waals surface area contributed by atoms with Gasteiger partial charge in [-0.1, -0.05) is 0 Å². The molecular formula is C18H22N2O4. The maximum Gasteiger partial charge on any atom is 0.251 e. The summed E-state index contributed by atoms with van der Waals surface area (Å²) in [5, 5.41) is 2.94. The topological polar surface area (TPSA) is 82.8 Å². The van der Waals surface area contributed by atoms with Gasteiger partial charge >= 0.3 is 0 Å². The van der Waals surface area contributed by atoms with E-state index in [0.29, 0.717) is 28.5 Å². The van der Waals surface area contributed by atoms with Crippen LogP contribution in [0.25, 0.3) is 0 Å². The minimum absolute atomic E-state index is 0.184. The van der Waals surface area contributed by atoms with E-state index in [-0.39, 0.29) is 11.9 Å². The van der Waals surface area contributed by atoms with Crippen molar-refractivity contribution in [3.63, 3.8) is 0 Å². The van der Waals surface area contributed by atoms with E-state index in [2.05, 4.69) is 5.32 Å². The van der Waals surface area contributed by atoms with E-state index in [9.17, 15) is 4.79 Å². The fourth-order valence-corrected chi connectivity index (χ4v) is 2.35. The predicted octanol–water partition coefficient (Wildman–Crippen LogP) is 2.79. The summed E-state index contributed by atoms with van der Waals surface area (Å²) in [6.45, 7) is 1.88. The molecule has 0 saturated heterocycles. The summed E-state index contributed by atoms with van der Waals surface area (Å²) in [5.41, 5.74) is 7.64. The highest BCUT2D eigenvalue weighted by atomic mass is 16.5. The van der Waals surface area contributed by atoms with Crippen LogP contribution >= 0.6 is 0 Å². The Labute approximate surface area is 141 Å². The molecular weight excluding hydrogens is 308 g/mol. The van der Waals surface area contributed by atoms with E-state index in [0.717, 1.165) is 5.56 Å². The Morgan fingerprint density at radius 2 is 1.54 bits per heavy atom. The molecule has 1 amide bonds. The Bertz CT molecular complexity index is 688. The van der Waals surface area contributed by atoms with Gasteiger partial charge in [-0.25, -0.2) is 0 Å². The lowest BCUT2D eigenvalue weighted by molar-refractivity contribution is 0.0940. The molecule has 24 heavy (non-hydrogen) atoms. The van der Waals surface area contributed by atoms with Crippen molar-refractivity contribution in [2.45, 2.75) is 13.0 Å². The third-order valence-corrected chi connectivity index (χ3v) is 3.71. The number of hydrogen-bond donors (Lipinski definition) is 2. The zero-order chi connectivity index (χ0) is 17.7. The molecule has 0 aliphatic carbocycles. The first-order valence-electron chi connectivity index (χ1n) is 7.46. The van der Waals surface area contributed by atoms with Crippen molar-refractivity contribution in [3.05, 3.63) is 47.5 Å². The average molecular weight is 330 g/mol. The number of carbonyl (C=O) groups is 1. The van der Waals surface area contributed by atoms with Gasteiger partial charge in [0.1, 0.15) is 0 Å². The van der Waals surface area contributed by atoms with Crippen molar-refractivity contribution in [2.24, 2.45) is 0 Å². The molecule has 128 valence electrons. The molecule has 0 saturated carbocycles. The molecule has 6 nitrogen and oxygen atoms in total. The van der Waals surface area contributed by atoms with Gasteiger partial charge in [-0.15, -0.1) is 0 Å². The van der Waals surface area contributed by atoms with Crippen LogP contribution in [0, 0.1) is 0 Å². The van der Waals surface area contributed by atoms with Crippen LogP contribution in [0.4, 0.5) is 5.69 Å². The molecule has 0 heterocycles. The van der Waals surface area contributed by atoms with Crippen LogP contribution in [0.2, 0.25) is 0 Å². The lowest BCUT2D eigenvalue weighted by atomic mass is 10.1. The SMILES string of the molecule is COc1cc(C(C)NC(=O)c2ccc(N)cc2)cc(OC)c1OC. The number of rotatable bonds is 6. The van der Waals surface area contributed by atoms with Gasteiger partial charge in [0, 0.05) is 11.3 Å². The van der Waals surface area contributed by atoms with E-state index in [4.69, 9.17) is 19.9 Å². The van der Waals surface area contributed by atoms with Gasteiger partial charge in [0.05, 0.1) is 27.4 Å². The molecule has 2 aromatic rings. The Morgan fingerprint density at radius 3 is 2.00 bits per heavy atom. The first-order valence-corrected chi connectivity index (χ1v) is 7.46. The summed E-state index contributed by atoms with van der Waals surface area (Å²) in [6, 6.07) is 10.1. The summed E-state index contributed by atoms with van der Waals surface area (Å²) >= 11 is 0. The summed E-state index contributed by atoms with van der Waals surface area (Å²) in [5.74, 6) is 1.41. The molecule has 0 aromatic heterocycles. The maximum atomic E-state index is 12.3. The Morgan fingerprint density at radius 1 is 1.00 bits per heavy atom. The molecule has 0 bridgehead atoms. The first kappa shape index (κ1) is 17.5.